The molecule has 0 fully saturated rings. The van der Waals surface area contributed by atoms with Gasteiger partial charge in [0.15, 0.2) is 28.0 Å². The molecule has 9 heteroatoms. The Bertz CT molecular complexity index is 882. The molecule has 0 aliphatic heterocycles. The van der Waals surface area contributed by atoms with Crippen molar-refractivity contribution in [3.05, 3.63) is 59.9 Å². The average molecular weight is 366 g/mol. The van der Waals surface area contributed by atoms with Crippen LogP contribution in [0.4, 0.5) is 4.39 Å². The number of benzene rings is 2. The van der Waals surface area contributed by atoms with E-state index in [0.717, 1.165) is 6.26 Å². The van der Waals surface area contributed by atoms with Gasteiger partial charge in [-0.05, 0) is 36.4 Å². The highest BCUT2D eigenvalue weighted by molar-refractivity contribution is 7.90. The molecule has 0 aliphatic rings. The van der Waals surface area contributed by atoms with Gasteiger partial charge in [-0.25, -0.2) is 12.8 Å². The Morgan fingerprint density at radius 3 is 2.28 bits per heavy atom. The van der Waals surface area contributed by atoms with Gasteiger partial charge < -0.3 is 4.74 Å². The number of rotatable bonds is 5. The highest BCUT2D eigenvalue weighted by Crippen LogP contribution is 2.14. The first kappa shape index (κ1) is 18.4. The Hall–Kier alpha value is -2.94. The number of ether oxygens (including phenoxy) is 1. The molecule has 0 aromatic heterocycles. The fourth-order valence-corrected chi connectivity index (χ4v) is 2.42. The molecular weight excluding hydrogens is 351 g/mol. The largest absolute Gasteiger partial charge is 0.481 e. The highest BCUT2D eigenvalue weighted by Gasteiger charge is 2.11. The topological polar surface area (TPSA) is 102 Å². The van der Waals surface area contributed by atoms with Gasteiger partial charge >= 0.3 is 0 Å². The molecule has 0 heterocycles. The van der Waals surface area contributed by atoms with Crippen molar-refractivity contribution in [2.24, 2.45) is 0 Å². The van der Waals surface area contributed by atoms with Crippen molar-refractivity contribution in [1.82, 2.24) is 10.9 Å². The summed E-state index contributed by atoms with van der Waals surface area (Å²) in [5, 5.41) is 0. The molecule has 2 aromatic rings. The molecule has 2 amide bonds. The Morgan fingerprint density at radius 1 is 1.04 bits per heavy atom. The zero-order valence-electron chi connectivity index (χ0n) is 13.2. The Labute approximate surface area is 143 Å². The number of carbonyl (C=O) groups excluding carboxylic acids is 2. The summed E-state index contributed by atoms with van der Waals surface area (Å²) in [4.78, 5) is 23.5. The third-order valence-electron chi connectivity index (χ3n) is 3.06. The number of sulfone groups is 1. The van der Waals surface area contributed by atoms with Crippen molar-refractivity contribution in [3.63, 3.8) is 0 Å². The summed E-state index contributed by atoms with van der Waals surface area (Å²) in [5.74, 6) is -2.02. The minimum absolute atomic E-state index is 0.0753. The second kappa shape index (κ2) is 7.75. The molecule has 0 radical (unpaired) electrons. The number of hydrogen-bond acceptors (Lipinski definition) is 5. The van der Waals surface area contributed by atoms with Gasteiger partial charge in [-0.2, -0.15) is 0 Å². The van der Waals surface area contributed by atoms with Gasteiger partial charge in [0.05, 0.1) is 4.90 Å². The molecule has 0 aliphatic carbocycles. The van der Waals surface area contributed by atoms with Crippen molar-refractivity contribution < 1.29 is 27.1 Å². The lowest BCUT2D eigenvalue weighted by Crippen LogP contribution is -2.43. The maximum absolute atomic E-state index is 13.3. The van der Waals surface area contributed by atoms with Crippen LogP contribution >= 0.6 is 0 Å². The molecular formula is C16H15FN2O5S. The molecule has 0 saturated heterocycles. The zero-order valence-corrected chi connectivity index (χ0v) is 14.0. The summed E-state index contributed by atoms with van der Waals surface area (Å²) in [7, 11) is -3.36. The number of carbonyl (C=O) groups is 2. The van der Waals surface area contributed by atoms with Crippen LogP contribution in [0.25, 0.3) is 0 Å². The van der Waals surface area contributed by atoms with E-state index in [0.29, 0.717) is 0 Å². The predicted molar refractivity (Wildman–Crippen MR) is 87.1 cm³/mol. The molecule has 0 unspecified atom stereocenters. The van der Waals surface area contributed by atoms with Crippen LogP contribution in [0.3, 0.4) is 0 Å². The third kappa shape index (κ3) is 5.28. The van der Waals surface area contributed by atoms with Gasteiger partial charge in [0.25, 0.3) is 11.8 Å². The summed E-state index contributed by atoms with van der Waals surface area (Å²) < 4.78 is 41.0. The molecule has 2 aromatic carbocycles. The number of nitrogens with one attached hydrogen (secondary N) is 2. The number of hydrazine groups is 1. The normalized spacial score (nSPS) is 10.8. The van der Waals surface area contributed by atoms with E-state index in [2.05, 4.69) is 10.9 Å². The Morgan fingerprint density at radius 2 is 1.68 bits per heavy atom. The molecule has 0 bridgehead atoms. The maximum Gasteiger partial charge on any atom is 0.276 e. The smallest absolute Gasteiger partial charge is 0.276 e. The predicted octanol–water partition coefficient (Wildman–Crippen LogP) is 1.07. The SMILES string of the molecule is CS(=O)(=O)c1ccc(C(=O)NNC(=O)COc2ccccc2F)cc1. The van der Waals surface area contributed by atoms with E-state index in [9.17, 15) is 22.4 Å². The van der Waals surface area contributed by atoms with Crippen molar-refractivity contribution in [2.45, 2.75) is 4.90 Å². The Kier molecular flexibility index (Phi) is 5.71. The molecule has 0 atom stereocenters. The van der Waals surface area contributed by atoms with Crippen LogP contribution in [0.5, 0.6) is 5.75 Å². The van der Waals surface area contributed by atoms with Crippen LogP contribution in [0.2, 0.25) is 0 Å². The van der Waals surface area contributed by atoms with E-state index in [1.54, 1.807) is 6.07 Å². The molecule has 2 rings (SSSR count). The van der Waals surface area contributed by atoms with Gasteiger partial charge in [0.2, 0.25) is 0 Å². The number of amides is 2. The summed E-state index contributed by atoms with van der Waals surface area (Å²) >= 11 is 0. The number of hydrogen-bond donors (Lipinski definition) is 2. The van der Waals surface area contributed by atoms with Crippen molar-refractivity contribution in [3.8, 4) is 5.75 Å². The highest BCUT2D eigenvalue weighted by atomic mass is 32.2. The number of para-hydroxylation sites is 1. The van der Waals surface area contributed by atoms with Crippen LogP contribution in [-0.2, 0) is 14.6 Å². The first-order valence-electron chi connectivity index (χ1n) is 7.04. The standard InChI is InChI=1S/C16H15FN2O5S/c1-25(22,23)12-8-6-11(7-9-12)16(21)19-18-15(20)10-24-14-5-3-2-4-13(14)17/h2-9H,10H2,1H3,(H,18,20)(H,19,21). The van der Waals surface area contributed by atoms with Crippen LogP contribution in [0.15, 0.2) is 53.4 Å². The minimum Gasteiger partial charge on any atom is -0.481 e. The van der Waals surface area contributed by atoms with Gasteiger partial charge in [-0.1, -0.05) is 12.1 Å². The lowest BCUT2D eigenvalue weighted by molar-refractivity contribution is -0.123. The van der Waals surface area contributed by atoms with E-state index < -0.39 is 34.1 Å². The van der Waals surface area contributed by atoms with E-state index in [4.69, 9.17) is 4.74 Å². The molecule has 0 spiro atoms. The van der Waals surface area contributed by atoms with Crippen LogP contribution in [-0.4, -0.2) is 33.1 Å². The molecule has 7 nitrogen and oxygen atoms in total. The minimum atomic E-state index is -3.36. The van der Waals surface area contributed by atoms with Gasteiger partial charge in [-0.3, -0.25) is 20.4 Å². The van der Waals surface area contributed by atoms with Crippen LogP contribution < -0.4 is 15.6 Å². The number of halogens is 1. The van der Waals surface area contributed by atoms with Gasteiger partial charge in [-0.15, -0.1) is 0 Å². The monoisotopic (exact) mass is 366 g/mol. The maximum atomic E-state index is 13.3. The van der Waals surface area contributed by atoms with E-state index >= 15 is 0 Å². The van der Waals surface area contributed by atoms with E-state index in [1.165, 1.54) is 42.5 Å². The lowest BCUT2D eigenvalue weighted by Gasteiger charge is -2.09. The van der Waals surface area contributed by atoms with E-state index in [-0.39, 0.29) is 16.2 Å². The molecule has 0 saturated carbocycles. The first-order valence-corrected chi connectivity index (χ1v) is 8.93. The Balaban J connectivity index is 1.85. The summed E-state index contributed by atoms with van der Waals surface area (Å²) in [6.45, 7) is -0.492. The zero-order chi connectivity index (χ0) is 18.4. The average Bonchev–Trinajstić information content (AvgIpc) is 2.58. The third-order valence-corrected chi connectivity index (χ3v) is 4.18. The fraction of sp³-hybridized carbons (Fsp3) is 0.125. The lowest BCUT2D eigenvalue weighted by atomic mass is 10.2. The van der Waals surface area contributed by atoms with Crippen molar-refractivity contribution >= 4 is 21.7 Å². The summed E-state index contributed by atoms with van der Waals surface area (Å²) in [6, 6.07) is 10.8. The molecule has 132 valence electrons. The second-order valence-corrected chi connectivity index (χ2v) is 7.03. The summed E-state index contributed by atoms with van der Waals surface area (Å²) in [5.41, 5.74) is 4.41. The van der Waals surface area contributed by atoms with Crippen LogP contribution in [0.1, 0.15) is 10.4 Å². The van der Waals surface area contributed by atoms with E-state index in [1.807, 2.05) is 0 Å². The molecule has 2 N–H and O–H groups in total. The quantitative estimate of drug-likeness (QED) is 0.771. The fourth-order valence-electron chi connectivity index (χ4n) is 1.79. The second-order valence-electron chi connectivity index (χ2n) is 5.02. The van der Waals surface area contributed by atoms with Crippen molar-refractivity contribution in [1.29, 1.82) is 0 Å². The van der Waals surface area contributed by atoms with Crippen LogP contribution in [0, 0.1) is 5.82 Å². The van der Waals surface area contributed by atoms with Gasteiger partial charge in [0.1, 0.15) is 0 Å². The first-order chi connectivity index (χ1) is 11.8. The van der Waals surface area contributed by atoms with Crippen molar-refractivity contribution in [2.75, 3.05) is 12.9 Å². The molecule has 25 heavy (non-hydrogen) atoms. The van der Waals surface area contributed by atoms with Gasteiger partial charge in [0, 0.05) is 11.8 Å². The summed E-state index contributed by atoms with van der Waals surface area (Å²) in [6.07, 6.45) is 1.05.